The van der Waals surface area contributed by atoms with Gasteiger partial charge in [-0.2, -0.15) is 4.98 Å². The summed E-state index contributed by atoms with van der Waals surface area (Å²) in [6, 6.07) is 19.1. The second-order valence-electron chi connectivity index (χ2n) is 7.10. The molecule has 2 heterocycles. The van der Waals surface area contributed by atoms with Crippen LogP contribution in [0.5, 0.6) is 0 Å². The van der Waals surface area contributed by atoms with Gasteiger partial charge < -0.3 is 9.64 Å². The minimum absolute atomic E-state index is 0.136. The Labute approximate surface area is 194 Å². The number of likely N-dealkylation sites (N-methyl/N-ethyl adjacent to an activating group) is 1. The van der Waals surface area contributed by atoms with E-state index in [4.69, 9.17) is 4.74 Å². The van der Waals surface area contributed by atoms with Crippen LogP contribution in [0.2, 0.25) is 0 Å². The highest BCUT2D eigenvalue weighted by atomic mass is 32.1. The maximum atomic E-state index is 13.4. The first-order chi connectivity index (χ1) is 16.0. The molecule has 4 aromatic rings. The Balaban J connectivity index is 1.47. The first kappa shape index (κ1) is 22.3. The van der Waals surface area contributed by atoms with E-state index in [2.05, 4.69) is 10.1 Å². The van der Waals surface area contributed by atoms with Gasteiger partial charge >= 0.3 is 5.97 Å². The third-order valence-corrected chi connectivity index (χ3v) is 5.72. The van der Waals surface area contributed by atoms with Crippen molar-refractivity contribution < 1.29 is 18.7 Å². The fourth-order valence-electron chi connectivity index (χ4n) is 3.23. The van der Waals surface area contributed by atoms with E-state index in [1.807, 2.05) is 47.8 Å². The van der Waals surface area contributed by atoms with Crippen molar-refractivity contribution in [3.8, 4) is 16.4 Å². The number of esters is 1. The summed E-state index contributed by atoms with van der Waals surface area (Å²) < 4.78 is 20.2. The van der Waals surface area contributed by atoms with Gasteiger partial charge in [-0.05, 0) is 48.2 Å². The smallest absolute Gasteiger partial charge is 0.378 e. The molecule has 0 radical (unpaired) electrons. The van der Waals surface area contributed by atoms with Crippen LogP contribution < -0.4 is 0 Å². The van der Waals surface area contributed by atoms with Crippen LogP contribution in [0.1, 0.15) is 23.1 Å². The fourth-order valence-corrected chi connectivity index (χ4v) is 3.93. The molecule has 0 aliphatic heterocycles. The Morgan fingerprint density at radius 3 is 2.61 bits per heavy atom. The molecule has 0 unspecified atom stereocenters. The standard InChI is InChI=1S/C24H21FN4O3S/c1-2-28(15-17-8-6-9-18(25)14-17)21(30)16-32-24(31)22-26-23(20-12-7-13-33-20)29(27-22)19-10-4-3-5-11-19/h3-14H,2,15-16H2,1H3. The summed E-state index contributed by atoms with van der Waals surface area (Å²) in [5, 5.41) is 6.24. The molecule has 0 fully saturated rings. The third-order valence-electron chi connectivity index (χ3n) is 4.86. The number of benzene rings is 2. The van der Waals surface area contributed by atoms with Crippen molar-refractivity contribution in [1.29, 1.82) is 0 Å². The Morgan fingerprint density at radius 1 is 1.09 bits per heavy atom. The highest BCUT2D eigenvalue weighted by Crippen LogP contribution is 2.25. The van der Waals surface area contributed by atoms with Crippen LogP contribution in [-0.4, -0.2) is 44.7 Å². The average Bonchev–Trinajstić information content (AvgIpc) is 3.51. The van der Waals surface area contributed by atoms with E-state index in [0.29, 0.717) is 17.9 Å². The lowest BCUT2D eigenvalue weighted by Crippen LogP contribution is -2.34. The molecule has 168 valence electrons. The Kier molecular flexibility index (Phi) is 6.89. The summed E-state index contributed by atoms with van der Waals surface area (Å²) in [7, 11) is 0. The lowest BCUT2D eigenvalue weighted by Gasteiger charge is -2.20. The summed E-state index contributed by atoms with van der Waals surface area (Å²) >= 11 is 1.47. The molecule has 0 aliphatic carbocycles. The summed E-state index contributed by atoms with van der Waals surface area (Å²) in [6.45, 7) is 1.94. The zero-order chi connectivity index (χ0) is 23.2. The molecule has 0 aliphatic rings. The van der Waals surface area contributed by atoms with Crippen molar-refractivity contribution in [1.82, 2.24) is 19.7 Å². The molecule has 4 rings (SSSR count). The fraction of sp³-hybridized carbons (Fsp3) is 0.167. The molecular formula is C24H21FN4O3S. The number of carbonyl (C=O) groups is 2. The molecule has 2 aromatic heterocycles. The molecule has 2 aromatic carbocycles. The lowest BCUT2D eigenvalue weighted by atomic mass is 10.2. The van der Waals surface area contributed by atoms with Gasteiger partial charge in [0.1, 0.15) is 5.82 Å². The molecule has 7 nitrogen and oxygen atoms in total. The summed E-state index contributed by atoms with van der Waals surface area (Å²) in [6.07, 6.45) is 0. The van der Waals surface area contributed by atoms with Gasteiger partial charge in [0.25, 0.3) is 11.7 Å². The zero-order valence-corrected chi connectivity index (χ0v) is 18.7. The summed E-state index contributed by atoms with van der Waals surface area (Å²) in [5.41, 5.74) is 1.40. The quantitative estimate of drug-likeness (QED) is 0.363. The van der Waals surface area contributed by atoms with E-state index in [1.54, 1.807) is 23.7 Å². The predicted octanol–water partition coefficient (Wildman–Crippen LogP) is 4.34. The number of nitrogens with zero attached hydrogens (tertiary/aromatic N) is 4. The number of aromatic nitrogens is 3. The van der Waals surface area contributed by atoms with Gasteiger partial charge in [0.2, 0.25) is 0 Å². The van der Waals surface area contributed by atoms with E-state index >= 15 is 0 Å². The minimum atomic E-state index is -0.794. The van der Waals surface area contributed by atoms with Crippen molar-refractivity contribution in [2.24, 2.45) is 0 Å². The molecule has 0 N–H and O–H groups in total. The van der Waals surface area contributed by atoms with Gasteiger partial charge in [0.05, 0.1) is 10.6 Å². The van der Waals surface area contributed by atoms with E-state index < -0.39 is 18.5 Å². The topological polar surface area (TPSA) is 77.3 Å². The van der Waals surface area contributed by atoms with Crippen LogP contribution in [0.3, 0.4) is 0 Å². The second-order valence-corrected chi connectivity index (χ2v) is 8.05. The molecule has 33 heavy (non-hydrogen) atoms. The normalized spacial score (nSPS) is 10.7. The molecule has 9 heteroatoms. The maximum absolute atomic E-state index is 13.4. The number of para-hydroxylation sites is 1. The van der Waals surface area contributed by atoms with Crippen molar-refractivity contribution >= 4 is 23.2 Å². The predicted molar refractivity (Wildman–Crippen MR) is 122 cm³/mol. The Bertz CT molecular complexity index is 1240. The number of halogens is 1. The number of carbonyl (C=O) groups excluding carboxylic acids is 2. The number of thiophene rings is 1. The van der Waals surface area contributed by atoms with Crippen LogP contribution in [0.15, 0.2) is 72.1 Å². The Morgan fingerprint density at radius 2 is 1.91 bits per heavy atom. The molecule has 0 spiro atoms. The second kappa shape index (κ2) is 10.2. The first-order valence-electron chi connectivity index (χ1n) is 10.3. The van der Waals surface area contributed by atoms with Crippen LogP contribution in [0.25, 0.3) is 16.4 Å². The zero-order valence-electron chi connectivity index (χ0n) is 17.8. The van der Waals surface area contributed by atoms with Crippen LogP contribution in [-0.2, 0) is 16.1 Å². The van der Waals surface area contributed by atoms with Gasteiger partial charge in [-0.3, -0.25) is 4.79 Å². The summed E-state index contributed by atoms with van der Waals surface area (Å²) in [5.74, 6) is -1.18. The van der Waals surface area contributed by atoms with Gasteiger partial charge in [0, 0.05) is 13.1 Å². The number of rotatable bonds is 8. The molecule has 1 amide bonds. The van der Waals surface area contributed by atoms with Gasteiger partial charge in [0.15, 0.2) is 12.4 Å². The minimum Gasteiger partial charge on any atom is -0.450 e. The average molecular weight is 465 g/mol. The van der Waals surface area contributed by atoms with Crippen molar-refractivity contribution in [2.75, 3.05) is 13.2 Å². The highest BCUT2D eigenvalue weighted by Gasteiger charge is 2.22. The number of ether oxygens (including phenoxy) is 1. The van der Waals surface area contributed by atoms with Crippen molar-refractivity contribution in [3.05, 3.63) is 89.3 Å². The molecular weight excluding hydrogens is 443 g/mol. The molecule has 0 atom stereocenters. The first-order valence-corrected chi connectivity index (χ1v) is 11.2. The summed E-state index contributed by atoms with van der Waals surface area (Å²) in [4.78, 5) is 31.9. The van der Waals surface area contributed by atoms with Crippen molar-refractivity contribution in [2.45, 2.75) is 13.5 Å². The van der Waals surface area contributed by atoms with Gasteiger partial charge in [-0.25, -0.2) is 13.9 Å². The highest BCUT2D eigenvalue weighted by molar-refractivity contribution is 7.13. The van der Waals surface area contributed by atoms with Crippen LogP contribution in [0.4, 0.5) is 4.39 Å². The van der Waals surface area contributed by atoms with E-state index in [1.165, 1.54) is 28.4 Å². The number of hydrogen-bond donors (Lipinski definition) is 0. The molecule has 0 saturated carbocycles. The van der Waals surface area contributed by atoms with Crippen molar-refractivity contribution in [3.63, 3.8) is 0 Å². The van der Waals surface area contributed by atoms with Gasteiger partial charge in [-0.1, -0.05) is 36.4 Å². The van der Waals surface area contributed by atoms with Crippen LogP contribution >= 0.6 is 11.3 Å². The van der Waals surface area contributed by atoms with E-state index in [9.17, 15) is 14.0 Å². The number of amides is 1. The maximum Gasteiger partial charge on any atom is 0.378 e. The molecule has 0 bridgehead atoms. The molecule has 0 saturated heterocycles. The van der Waals surface area contributed by atoms with E-state index in [0.717, 1.165) is 10.6 Å². The Hall–Kier alpha value is -3.85. The monoisotopic (exact) mass is 464 g/mol. The SMILES string of the molecule is CCN(Cc1cccc(F)c1)C(=O)COC(=O)c1nc(-c2cccs2)n(-c2ccccc2)n1. The largest absolute Gasteiger partial charge is 0.450 e. The van der Waals surface area contributed by atoms with E-state index in [-0.39, 0.29) is 18.2 Å². The lowest BCUT2D eigenvalue weighted by molar-refractivity contribution is -0.135. The van der Waals surface area contributed by atoms with Gasteiger partial charge in [-0.15, -0.1) is 16.4 Å². The van der Waals surface area contributed by atoms with Crippen LogP contribution in [0, 0.1) is 5.82 Å². The third kappa shape index (κ3) is 5.32. The number of hydrogen-bond acceptors (Lipinski definition) is 6.